The molecule has 5 nitrogen and oxygen atoms in total. The Morgan fingerprint density at radius 3 is 2.21 bits per heavy atom. The molecule has 0 aromatic heterocycles. The summed E-state index contributed by atoms with van der Waals surface area (Å²) in [6, 6.07) is 19.5. The second-order valence-corrected chi connectivity index (χ2v) is 10.0. The van der Waals surface area contributed by atoms with Crippen molar-refractivity contribution >= 4 is 28.6 Å². The van der Waals surface area contributed by atoms with Crippen LogP contribution in [0.4, 0.5) is 0 Å². The topological polar surface area (TPSA) is 61.8 Å². The number of likely N-dealkylation sites (tertiary alicyclic amines) is 1. The number of carbonyl (C=O) groups is 2. The molecule has 1 N–H and O–H groups in total. The van der Waals surface area contributed by atoms with Crippen LogP contribution in [-0.4, -0.2) is 39.5 Å². The average molecular weight is 406 g/mol. The fraction of sp³-hybridized carbons (Fsp3) is 0.348. The number of carbonyl (C=O) groups excluding carboxylic acids is 2. The summed E-state index contributed by atoms with van der Waals surface area (Å²) in [7, 11) is 0. The molecule has 3 aliphatic heterocycles. The summed E-state index contributed by atoms with van der Waals surface area (Å²) in [6.45, 7) is 5.72. The van der Waals surface area contributed by atoms with Crippen LogP contribution in [0.1, 0.15) is 31.9 Å². The van der Waals surface area contributed by atoms with E-state index in [0.717, 1.165) is 16.2 Å². The number of benzene rings is 2. The molecule has 2 aromatic rings. The van der Waals surface area contributed by atoms with Crippen molar-refractivity contribution in [1.82, 2.24) is 10.2 Å². The number of nitrogens with one attached hydrogen (secondary N) is 1. The molecule has 0 saturated carbocycles. The minimum Gasteiger partial charge on any atom is -0.282 e. The Labute approximate surface area is 174 Å². The van der Waals surface area contributed by atoms with E-state index in [0.29, 0.717) is 0 Å². The molecule has 0 spiro atoms. The van der Waals surface area contributed by atoms with Gasteiger partial charge in [-0.2, -0.15) is 0 Å². The molecule has 2 fully saturated rings. The Hall–Kier alpha value is -2.44. The number of hydrogen-bond acceptors (Lipinski definition) is 5. The molecule has 4 atom stereocenters. The van der Waals surface area contributed by atoms with Crippen LogP contribution in [-0.2, 0) is 14.3 Å². The maximum absolute atomic E-state index is 13.6. The fourth-order valence-electron chi connectivity index (χ4n) is 4.76. The molecule has 5 rings (SSSR count). The largest absolute Gasteiger partial charge is 0.282 e. The first kappa shape index (κ1) is 18.6. The lowest BCUT2D eigenvalue weighted by Crippen LogP contribution is -2.51. The number of nitrogens with zero attached hydrogens (tertiary/aromatic N) is 2. The number of thioether (sulfide) groups is 1. The number of amides is 2. The first-order valence-electron chi connectivity index (χ1n) is 9.86. The molecule has 0 radical (unpaired) electrons. The third-order valence-electron chi connectivity index (χ3n) is 5.94. The van der Waals surface area contributed by atoms with E-state index in [4.69, 9.17) is 4.99 Å². The van der Waals surface area contributed by atoms with Crippen molar-refractivity contribution in [3.05, 3.63) is 71.8 Å². The van der Waals surface area contributed by atoms with Crippen molar-refractivity contribution in [3.63, 3.8) is 0 Å². The molecular weight excluding hydrogens is 382 g/mol. The minimum absolute atomic E-state index is 0.108. The maximum atomic E-state index is 13.6. The minimum atomic E-state index is -0.635. The van der Waals surface area contributed by atoms with Crippen molar-refractivity contribution in [2.75, 3.05) is 0 Å². The highest BCUT2D eigenvalue weighted by molar-refractivity contribution is 8.15. The number of hydrogen-bond donors (Lipinski definition) is 1. The standard InChI is InChI=1S/C23H23N3O2S/c1-22(2,3)26-19(27)16-17(20(26)28)24-21-23(16,15-12-8-5-9-13-15)29-18(25-21)14-10-6-4-7-11-14/h4-13,16-17,21,24H,1-3H3/t16-,17+,21?,23+/m1/s1. The predicted octanol–water partition coefficient (Wildman–Crippen LogP) is 3.16. The van der Waals surface area contributed by atoms with Gasteiger partial charge in [0, 0.05) is 11.1 Å². The SMILES string of the molecule is CC(C)(C)N1C(=O)[C@H]2NC3N=C(c4ccccc4)S[C@@]3(c3ccccc3)[C@H]2C1=O. The van der Waals surface area contributed by atoms with Crippen molar-refractivity contribution < 1.29 is 9.59 Å². The lowest BCUT2D eigenvalue weighted by molar-refractivity contribution is -0.145. The van der Waals surface area contributed by atoms with E-state index >= 15 is 0 Å². The van der Waals surface area contributed by atoms with Gasteiger partial charge in [0.1, 0.15) is 17.3 Å². The summed E-state index contributed by atoms with van der Waals surface area (Å²) >= 11 is 1.62. The van der Waals surface area contributed by atoms with Crippen LogP contribution < -0.4 is 5.32 Å². The van der Waals surface area contributed by atoms with E-state index in [1.165, 1.54) is 4.90 Å². The van der Waals surface area contributed by atoms with Crippen molar-refractivity contribution in [3.8, 4) is 0 Å². The van der Waals surface area contributed by atoms with E-state index in [9.17, 15) is 9.59 Å². The van der Waals surface area contributed by atoms with E-state index < -0.39 is 22.2 Å². The number of rotatable bonds is 2. The zero-order valence-electron chi connectivity index (χ0n) is 16.6. The quantitative estimate of drug-likeness (QED) is 0.780. The summed E-state index contributed by atoms with van der Waals surface area (Å²) in [6.07, 6.45) is -0.324. The van der Waals surface area contributed by atoms with E-state index in [2.05, 4.69) is 5.32 Å². The third-order valence-corrected chi connectivity index (χ3v) is 7.53. The highest BCUT2D eigenvalue weighted by Gasteiger charge is 2.70. The van der Waals surface area contributed by atoms with Crippen LogP contribution in [0.15, 0.2) is 65.7 Å². The Bertz CT molecular complexity index is 1020. The molecule has 6 heteroatoms. The fourth-order valence-corrected chi connectivity index (χ4v) is 6.34. The van der Waals surface area contributed by atoms with Crippen molar-refractivity contribution in [1.29, 1.82) is 0 Å². The number of aliphatic imine (C=N–C) groups is 1. The lowest BCUT2D eigenvalue weighted by Gasteiger charge is -2.35. The molecular formula is C23H23N3O2S. The molecule has 3 heterocycles. The lowest BCUT2D eigenvalue weighted by atomic mass is 9.83. The molecule has 148 valence electrons. The van der Waals surface area contributed by atoms with E-state index in [1.54, 1.807) is 11.8 Å². The van der Waals surface area contributed by atoms with Crippen molar-refractivity contribution in [2.24, 2.45) is 10.9 Å². The highest BCUT2D eigenvalue weighted by atomic mass is 32.2. The van der Waals surface area contributed by atoms with Gasteiger partial charge in [0.05, 0.1) is 10.7 Å². The van der Waals surface area contributed by atoms with E-state index in [-0.39, 0.29) is 18.0 Å². The van der Waals surface area contributed by atoms with E-state index in [1.807, 2.05) is 81.4 Å². The zero-order valence-corrected chi connectivity index (χ0v) is 17.4. The van der Waals surface area contributed by atoms with Gasteiger partial charge in [-0.15, -0.1) is 0 Å². The van der Waals surface area contributed by atoms with Crippen LogP contribution in [0.2, 0.25) is 0 Å². The maximum Gasteiger partial charge on any atom is 0.247 e. The second-order valence-electron chi connectivity index (χ2n) is 8.77. The molecule has 2 amide bonds. The third kappa shape index (κ3) is 2.55. The average Bonchev–Trinajstić information content (AvgIpc) is 3.29. The Kier molecular flexibility index (Phi) is 4.02. The molecule has 2 aromatic carbocycles. The summed E-state index contributed by atoms with van der Waals surface area (Å²) in [4.78, 5) is 33.2. The molecule has 2 saturated heterocycles. The summed E-state index contributed by atoms with van der Waals surface area (Å²) in [5, 5.41) is 4.32. The molecule has 0 bridgehead atoms. The molecule has 3 aliphatic rings. The van der Waals surface area contributed by atoms with Crippen LogP contribution >= 0.6 is 11.8 Å². The van der Waals surface area contributed by atoms with Crippen LogP contribution in [0, 0.1) is 5.92 Å². The molecule has 29 heavy (non-hydrogen) atoms. The number of fused-ring (bicyclic) bond motifs is 3. The van der Waals surface area contributed by atoms with Gasteiger partial charge in [-0.25, -0.2) is 0 Å². The Balaban J connectivity index is 1.64. The summed E-state index contributed by atoms with van der Waals surface area (Å²) < 4.78 is -0.635. The Morgan fingerprint density at radius 2 is 1.59 bits per heavy atom. The predicted molar refractivity (Wildman–Crippen MR) is 114 cm³/mol. The molecule has 1 unspecified atom stereocenters. The van der Waals surface area contributed by atoms with Gasteiger partial charge in [0.25, 0.3) is 0 Å². The summed E-state index contributed by atoms with van der Waals surface area (Å²) in [5.41, 5.74) is 1.51. The van der Waals surface area contributed by atoms with Gasteiger partial charge in [0.15, 0.2) is 0 Å². The van der Waals surface area contributed by atoms with Crippen LogP contribution in [0.3, 0.4) is 0 Å². The first-order valence-corrected chi connectivity index (χ1v) is 10.7. The second kappa shape index (κ2) is 6.28. The normalized spacial score (nSPS) is 31.1. The first-order chi connectivity index (χ1) is 13.8. The Morgan fingerprint density at radius 1 is 0.966 bits per heavy atom. The highest BCUT2D eigenvalue weighted by Crippen LogP contribution is 2.59. The molecule has 0 aliphatic carbocycles. The summed E-state index contributed by atoms with van der Waals surface area (Å²) in [5.74, 6) is -0.741. The zero-order chi connectivity index (χ0) is 20.4. The van der Waals surface area contributed by atoms with Gasteiger partial charge in [0.2, 0.25) is 11.8 Å². The van der Waals surface area contributed by atoms with Crippen molar-refractivity contribution in [2.45, 2.75) is 43.3 Å². The van der Waals surface area contributed by atoms with Crippen LogP contribution in [0.5, 0.6) is 0 Å². The number of imide groups is 1. The van der Waals surface area contributed by atoms with Gasteiger partial charge in [-0.3, -0.25) is 24.8 Å². The van der Waals surface area contributed by atoms with Gasteiger partial charge < -0.3 is 0 Å². The van der Waals surface area contributed by atoms with Crippen LogP contribution in [0.25, 0.3) is 0 Å². The van der Waals surface area contributed by atoms with Gasteiger partial charge in [-0.1, -0.05) is 72.4 Å². The van der Waals surface area contributed by atoms with Gasteiger partial charge >= 0.3 is 0 Å². The van der Waals surface area contributed by atoms with Gasteiger partial charge in [-0.05, 0) is 26.3 Å². The monoisotopic (exact) mass is 405 g/mol. The smallest absolute Gasteiger partial charge is 0.247 e.